The Kier molecular flexibility index (Phi) is 6.97. The molecule has 1 saturated heterocycles. The maximum Gasteiger partial charge on any atom is 0.274 e. The van der Waals surface area contributed by atoms with Gasteiger partial charge in [-0.2, -0.15) is 5.10 Å². The SMILES string of the molecule is CC(C)c1cc(C(=O)N(CCCN(C)C)C2CCS(=O)(=O)C2)nn1C(C)(C)C. The summed E-state index contributed by atoms with van der Waals surface area (Å²) in [5.41, 5.74) is 1.20. The molecule has 2 heterocycles. The Morgan fingerprint density at radius 2 is 1.93 bits per heavy atom. The fraction of sp³-hybridized carbons (Fsp3) is 0.800. The first kappa shape index (κ1) is 22.9. The molecule has 0 aliphatic carbocycles. The van der Waals surface area contributed by atoms with Gasteiger partial charge in [0.2, 0.25) is 0 Å². The summed E-state index contributed by atoms with van der Waals surface area (Å²) in [6.07, 6.45) is 1.30. The van der Waals surface area contributed by atoms with E-state index < -0.39 is 9.84 Å². The molecule has 1 aliphatic rings. The lowest BCUT2D eigenvalue weighted by Gasteiger charge is -2.28. The third-order valence-electron chi connectivity index (χ3n) is 5.10. The Morgan fingerprint density at radius 3 is 2.36 bits per heavy atom. The van der Waals surface area contributed by atoms with Crippen LogP contribution in [-0.2, 0) is 15.4 Å². The van der Waals surface area contributed by atoms with Gasteiger partial charge in [-0.05, 0) is 66.2 Å². The Labute approximate surface area is 170 Å². The number of sulfone groups is 1. The van der Waals surface area contributed by atoms with Crippen molar-refractivity contribution in [3.8, 4) is 0 Å². The molecular formula is C20H36N4O3S. The number of rotatable bonds is 7. The number of aromatic nitrogens is 2. The minimum absolute atomic E-state index is 0.0533. The Morgan fingerprint density at radius 1 is 1.29 bits per heavy atom. The number of amides is 1. The Bertz CT molecular complexity index is 791. The quantitative estimate of drug-likeness (QED) is 0.687. The molecule has 160 valence electrons. The lowest BCUT2D eigenvalue weighted by molar-refractivity contribution is 0.0682. The smallest absolute Gasteiger partial charge is 0.274 e. The summed E-state index contributed by atoms with van der Waals surface area (Å²) >= 11 is 0. The number of nitrogens with zero attached hydrogens (tertiary/aromatic N) is 4. The zero-order chi connectivity index (χ0) is 21.3. The molecule has 1 unspecified atom stereocenters. The van der Waals surface area contributed by atoms with Crippen LogP contribution in [-0.4, -0.2) is 78.6 Å². The zero-order valence-electron chi connectivity index (χ0n) is 18.4. The first-order chi connectivity index (χ1) is 12.8. The van der Waals surface area contributed by atoms with E-state index in [0.717, 1.165) is 18.7 Å². The van der Waals surface area contributed by atoms with Gasteiger partial charge < -0.3 is 9.80 Å². The van der Waals surface area contributed by atoms with Crippen molar-refractivity contribution in [1.82, 2.24) is 19.6 Å². The summed E-state index contributed by atoms with van der Waals surface area (Å²) < 4.78 is 25.9. The fourth-order valence-corrected chi connectivity index (χ4v) is 5.35. The average molecular weight is 413 g/mol. The predicted molar refractivity (Wildman–Crippen MR) is 113 cm³/mol. The minimum Gasteiger partial charge on any atom is -0.333 e. The highest BCUT2D eigenvalue weighted by Crippen LogP contribution is 2.26. The normalized spacial score (nSPS) is 19.5. The van der Waals surface area contributed by atoms with Gasteiger partial charge in [0.25, 0.3) is 5.91 Å². The molecule has 0 N–H and O–H groups in total. The third-order valence-corrected chi connectivity index (χ3v) is 6.85. The minimum atomic E-state index is -3.07. The first-order valence-corrected chi connectivity index (χ1v) is 11.9. The molecule has 7 nitrogen and oxygen atoms in total. The molecule has 0 bridgehead atoms. The maximum absolute atomic E-state index is 13.4. The number of hydrogen-bond acceptors (Lipinski definition) is 5. The largest absolute Gasteiger partial charge is 0.333 e. The summed E-state index contributed by atoms with van der Waals surface area (Å²) in [7, 11) is 0.917. The van der Waals surface area contributed by atoms with Crippen molar-refractivity contribution in [2.45, 2.75) is 65.0 Å². The molecule has 1 atom stereocenters. The van der Waals surface area contributed by atoms with Gasteiger partial charge in [-0.3, -0.25) is 9.48 Å². The van der Waals surface area contributed by atoms with Gasteiger partial charge in [0.05, 0.1) is 17.0 Å². The van der Waals surface area contributed by atoms with Crippen molar-refractivity contribution in [2.75, 3.05) is 38.7 Å². The summed E-state index contributed by atoms with van der Waals surface area (Å²) in [6, 6.07) is 1.61. The third kappa shape index (κ3) is 5.56. The van der Waals surface area contributed by atoms with Crippen LogP contribution in [0.2, 0.25) is 0 Å². The molecule has 1 aromatic rings. The molecule has 0 saturated carbocycles. The van der Waals surface area contributed by atoms with Crippen LogP contribution in [0.5, 0.6) is 0 Å². The molecule has 0 spiro atoms. The van der Waals surface area contributed by atoms with Crippen LogP contribution in [0.25, 0.3) is 0 Å². The first-order valence-electron chi connectivity index (χ1n) is 10.1. The molecule has 2 rings (SSSR count). The van der Waals surface area contributed by atoms with Gasteiger partial charge >= 0.3 is 0 Å². The summed E-state index contributed by atoms with van der Waals surface area (Å²) in [5.74, 6) is 0.286. The van der Waals surface area contributed by atoms with E-state index in [2.05, 4.69) is 44.6 Å². The molecule has 8 heteroatoms. The van der Waals surface area contributed by atoms with E-state index in [1.165, 1.54) is 0 Å². The molecular weight excluding hydrogens is 376 g/mol. The topological polar surface area (TPSA) is 75.5 Å². The summed E-state index contributed by atoms with van der Waals surface area (Å²) in [5, 5.41) is 4.64. The maximum atomic E-state index is 13.4. The van der Waals surface area contributed by atoms with Gasteiger partial charge in [-0.1, -0.05) is 13.8 Å². The van der Waals surface area contributed by atoms with Crippen LogP contribution in [0, 0.1) is 0 Å². The molecule has 28 heavy (non-hydrogen) atoms. The van der Waals surface area contributed by atoms with E-state index in [-0.39, 0.29) is 34.9 Å². The van der Waals surface area contributed by atoms with Crippen LogP contribution < -0.4 is 0 Å². The second-order valence-corrected chi connectivity index (χ2v) is 11.6. The lowest BCUT2D eigenvalue weighted by atomic mass is 10.1. The van der Waals surface area contributed by atoms with Crippen LogP contribution in [0.1, 0.15) is 69.6 Å². The second kappa shape index (κ2) is 8.53. The number of carbonyl (C=O) groups is 1. The molecule has 1 fully saturated rings. The van der Waals surface area contributed by atoms with Gasteiger partial charge in [-0.25, -0.2) is 8.42 Å². The van der Waals surface area contributed by atoms with E-state index in [1.807, 2.05) is 24.8 Å². The summed E-state index contributed by atoms with van der Waals surface area (Å²) in [4.78, 5) is 17.2. The predicted octanol–water partition coefficient (Wildman–Crippen LogP) is 2.34. The highest BCUT2D eigenvalue weighted by Gasteiger charge is 2.36. The lowest BCUT2D eigenvalue weighted by Crippen LogP contribution is -2.42. The zero-order valence-corrected chi connectivity index (χ0v) is 19.2. The monoisotopic (exact) mass is 412 g/mol. The van der Waals surface area contributed by atoms with Crippen molar-refractivity contribution in [2.24, 2.45) is 0 Å². The van der Waals surface area contributed by atoms with Crippen molar-refractivity contribution < 1.29 is 13.2 Å². The summed E-state index contributed by atoms with van der Waals surface area (Å²) in [6.45, 7) is 11.8. The van der Waals surface area contributed by atoms with Gasteiger partial charge in [0.1, 0.15) is 0 Å². The molecule has 1 aliphatic heterocycles. The Hall–Kier alpha value is -1.41. The number of hydrogen-bond donors (Lipinski definition) is 0. The van der Waals surface area contributed by atoms with E-state index in [4.69, 9.17) is 0 Å². The van der Waals surface area contributed by atoms with Crippen molar-refractivity contribution in [1.29, 1.82) is 0 Å². The van der Waals surface area contributed by atoms with Crippen LogP contribution >= 0.6 is 0 Å². The fourth-order valence-electron chi connectivity index (χ4n) is 3.62. The van der Waals surface area contributed by atoms with E-state index >= 15 is 0 Å². The number of carbonyl (C=O) groups excluding carboxylic acids is 1. The molecule has 1 amide bonds. The van der Waals surface area contributed by atoms with Crippen LogP contribution in [0.3, 0.4) is 0 Å². The van der Waals surface area contributed by atoms with E-state index in [9.17, 15) is 13.2 Å². The standard InChI is InChI=1S/C20H36N4O3S/c1-15(2)18-13-17(21-24(18)20(3,4)5)19(25)23(11-8-10-22(6)7)16-9-12-28(26,27)14-16/h13,15-16H,8-12,14H2,1-7H3. The highest BCUT2D eigenvalue weighted by molar-refractivity contribution is 7.91. The molecule has 1 aromatic heterocycles. The van der Waals surface area contributed by atoms with Crippen molar-refractivity contribution in [3.63, 3.8) is 0 Å². The second-order valence-electron chi connectivity index (χ2n) is 9.40. The Balaban J connectivity index is 2.33. The molecule has 0 radical (unpaired) electrons. The van der Waals surface area contributed by atoms with Gasteiger partial charge in [0.15, 0.2) is 15.5 Å². The van der Waals surface area contributed by atoms with Crippen molar-refractivity contribution >= 4 is 15.7 Å². The van der Waals surface area contributed by atoms with E-state index in [0.29, 0.717) is 18.7 Å². The van der Waals surface area contributed by atoms with Gasteiger partial charge in [-0.15, -0.1) is 0 Å². The van der Waals surface area contributed by atoms with E-state index in [1.54, 1.807) is 4.90 Å². The van der Waals surface area contributed by atoms with Crippen molar-refractivity contribution in [3.05, 3.63) is 17.5 Å². The van der Waals surface area contributed by atoms with Crippen LogP contribution in [0.4, 0.5) is 0 Å². The molecule has 0 aromatic carbocycles. The average Bonchev–Trinajstić information content (AvgIpc) is 3.14. The van der Waals surface area contributed by atoms with Gasteiger partial charge in [0, 0.05) is 18.3 Å². The highest BCUT2D eigenvalue weighted by atomic mass is 32.2. The van der Waals surface area contributed by atoms with Crippen LogP contribution in [0.15, 0.2) is 6.07 Å².